The van der Waals surface area contributed by atoms with E-state index in [1.165, 1.54) is 6.33 Å². The summed E-state index contributed by atoms with van der Waals surface area (Å²) in [4.78, 5) is 17.6. The van der Waals surface area contributed by atoms with Gasteiger partial charge in [-0.3, -0.25) is 4.79 Å². The van der Waals surface area contributed by atoms with Crippen LogP contribution in [-0.2, 0) is 4.79 Å². The molecule has 0 saturated heterocycles. The molecule has 2 heterocycles. The van der Waals surface area contributed by atoms with Gasteiger partial charge < -0.3 is 10.1 Å². The minimum atomic E-state index is -0.237. The summed E-state index contributed by atoms with van der Waals surface area (Å²) in [6.07, 6.45) is 2.78. The third kappa shape index (κ3) is 2.69. The van der Waals surface area contributed by atoms with E-state index in [-0.39, 0.29) is 17.7 Å². The van der Waals surface area contributed by atoms with Crippen LogP contribution in [0.25, 0.3) is 0 Å². The first-order chi connectivity index (χ1) is 13.7. The van der Waals surface area contributed by atoms with E-state index in [0.29, 0.717) is 12.4 Å². The molecule has 0 unspecified atom stereocenters. The summed E-state index contributed by atoms with van der Waals surface area (Å²) >= 11 is 0. The van der Waals surface area contributed by atoms with Crippen LogP contribution in [-0.4, -0.2) is 27.7 Å². The number of hydrogen-bond donors (Lipinski definition) is 1. The third-order valence-corrected chi connectivity index (χ3v) is 5.56. The first-order valence-corrected chi connectivity index (χ1v) is 9.36. The Morgan fingerprint density at radius 3 is 2.57 bits per heavy atom. The van der Waals surface area contributed by atoms with E-state index in [9.17, 15) is 4.79 Å². The molecule has 0 bridgehead atoms. The molecule has 140 valence electrons. The van der Waals surface area contributed by atoms with Crippen molar-refractivity contribution in [1.82, 2.24) is 14.8 Å². The molecule has 28 heavy (non-hydrogen) atoms. The molecule has 1 aromatic heterocycles. The van der Waals surface area contributed by atoms with Crippen molar-refractivity contribution in [2.45, 2.75) is 24.8 Å². The van der Waals surface area contributed by atoms with Crippen LogP contribution in [0.5, 0.6) is 5.75 Å². The van der Waals surface area contributed by atoms with Gasteiger partial charge in [0.05, 0.1) is 7.11 Å². The zero-order valence-corrected chi connectivity index (χ0v) is 15.5. The molecule has 2 atom stereocenters. The van der Waals surface area contributed by atoms with E-state index < -0.39 is 0 Å². The summed E-state index contributed by atoms with van der Waals surface area (Å²) in [7, 11) is 1.65. The van der Waals surface area contributed by atoms with E-state index in [0.717, 1.165) is 34.6 Å². The first kappa shape index (κ1) is 16.7. The smallest absolute Gasteiger partial charge is 0.226 e. The molecule has 2 aromatic carbocycles. The van der Waals surface area contributed by atoms with Gasteiger partial charge in [-0.25, -0.2) is 4.68 Å². The molecule has 1 N–H and O–H groups in total. The van der Waals surface area contributed by atoms with Gasteiger partial charge in [0.25, 0.3) is 0 Å². The van der Waals surface area contributed by atoms with Gasteiger partial charge in [-0.1, -0.05) is 42.5 Å². The Balaban J connectivity index is 1.55. The maximum atomic E-state index is 13.3. The molecule has 3 aromatic rings. The predicted octanol–water partition coefficient (Wildman–Crippen LogP) is 3.70. The molecule has 0 amide bonds. The number of allylic oxidation sites excluding steroid dienone is 2. The number of Topliss-reactive ketones (excluding diaryl/α,β-unsaturated/α-hetero) is 1. The number of nitrogens with zero attached hydrogens (tertiary/aromatic N) is 3. The fraction of sp³-hybridized carbons (Fsp3) is 0.227. The van der Waals surface area contributed by atoms with Crippen molar-refractivity contribution in [2.75, 3.05) is 12.4 Å². The molecule has 0 spiro atoms. The number of carbonyl (C=O) groups is 1. The minimum absolute atomic E-state index is 0.135. The van der Waals surface area contributed by atoms with Crippen molar-refractivity contribution >= 4 is 11.7 Å². The highest BCUT2D eigenvalue weighted by molar-refractivity contribution is 6.00. The maximum absolute atomic E-state index is 13.3. The summed E-state index contributed by atoms with van der Waals surface area (Å²) in [6.45, 7) is 0. The summed E-state index contributed by atoms with van der Waals surface area (Å²) in [5, 5.41) is 7.73. The lowest BCUT2D eigenvalue weighted by Crippen LogP contribution is -2.33. The Morgan fingerprint density at radius 1 is 1.04 bits per heavy atom. The van der Waals surface area contributed by atoms with Gasteiger partial charge in [-0.2, -0.15) is 10.1 Å². The lowest BCUT2D eigenvalue weighted by molar-refractivity contribution is -0.116. The number of nitrogens with one attached hydrogen (secondary N) is 1. The average molecular weight is 372 g/mol. The highest BCUT2D eigenvalue weighted by atomic mass is 16.5. The topological polar surface area (TPSA) is 69.0 Å². The SMILES string of the molecule is COc1ccc([C@@H]2CC(=O)C3=C(C2)Nc2ncnn2[C@H]3c2ccccc2)cc1. The quantitative estimate of drug-likeness (QED) is 0.759. The number of anilines is 1. The van der Waals surface area contributed by atoms with Crippen molar-refractivity contribution in [3.8, 4) is 5.75 Å². The number of fused-ring (bicyclic) bond motifs is 1. The lowest BCUT2D eigenvalue weighted by Gasteiger charge is -2.35. The molecule has 2 aliphatic rings. The normalized spacial score (nSPS) is 21.0. The number of benzene rings is 2. The van der Waals surface area contributed by atoms with Crippen LogP contribution in [0.2, 0.25) is 0 Å². The number of aromatic nitrogens is 3. The number of ketones is 1. The van der Waals surface area contributed by atoms with Crippen molar-refractivity contribution < 1.29 is 9.53 Å². The Hall–Kier alpha value is -3.41. The molecule has 6 nitrogen and oxygen atoms in total. The highest BCUT2D eigenvalue weighted by Crippen LogP contribution is 2.43. The Bertz CT molecular complexity index is 1050. The molecule has 1 aliphatic heterocycles. The number of carbonyl (C=O) groups excluding carboxylic acids is 1. The zero-order chi connectivity index (χ0) is 19.1. The maximum Gasteiger partial charge on any atom is 0.226 e. The number of ether oxygens (including phenoxy) is 1. The first-order valence-electron chi connectivity index (χ1n) is 9.36. The number of methoxy groups -OCH3 is 1. The van der Waals surface area contributed by atoms with E-state index in [1.807, 2.05) is 54.6 Å². The summed E-state index contributed by atoms with van der Waals surface area (Å²) in [5.74, 6) is 1.79. The van der Waals surface area contributed by atoms with Crippen molar-refractivity contribution in [3.05, 3.63) is 83.3 Å². The van der Waals surface area contributed by atoms with Crippen LogP contribution >= 0.6 is 0 Å². The molecular formula is C22H20N4O2. The van der Waals surface area contributed by atoms with Crippen LogP contribution in [0.3, 0.4) is 0 Å². The monoisotopic (exact) mass is 372 g/mol. The Labute approximate surface area is 162 Å². The molecule has 1 aliphatic carbocycles. The Morgan fingerprint density at radius 2 is 1.82 bits per heavy atom. The summed E-state index contributed by atoms with van der Waals surface area (Å²) in [6, 6.07) is 17.8. The molecular weight excluding hydrogens is 352 g/mol. The lowest BCUT2D eigenvalue weighted by atomic mass is 9.78. The highest BCUT2D eigenvalue weighted by Gasteiger charge is 2.39. The van der Waals surface area contributed by atoms with E-state index in [2.05, 4.69) is 15.4 Å². The number of rotatable bonds is 3. The predicted molar refractivity (Wildman–Crippen MR) is 105 cm³/mol. The van der Waals surface area contributed by atoms with Gasteiger partial charge in [-0.15, -0.1) is 0 Å². The average Bonchev–Trinajstić information content (AvgIpc) is 3.21. The zero-order valence-electron chi connectivity index (χ0n) is 15.5. The standard InChI is InChI=1S/C22H20N4O2/c1-28-17-9-7-14(8-10-17)16-11-18-20(19(27)12-16)21(15-5-3-2-4-6-15)26-22(25-18)23-13-24-26/h2-10,13,16,21H,11-12H2,1H3,(H,23,24,25)/t16-,21-/m0/s1. The molecule has 0 radical (unpaired) electrons. The van der Waals surface area contributed by atoms with Crippen LogP contribution in [0, 0.1) is 0 Å². The molecule has 0 fully saturated rings. The van der Waals surface area contributed by atoms with Gasteiger partial charge in [0.15, 0.2) is 5.78 Å². The van der Waals surface area contributed by atoms with Crippen LogP contribution < -0.4 is 10.1 Å². The van der Waals surface area contributed by atoms with Crippen LogP contribution in [0.4, 0.5) is 5.95 Å². The second-order valence-corrected chi connectivity index (χ2v) is 7.16. The van der Waals surface area contributed by atoms with Gasteiger partial charge in [0.2, 0.25) is 5.95 Å². The van der Waals surface area contributed by atoms with E-state index in [1.54, 1.807) is 11.8 Å². The van der Waals surface area contributed by atoms with Gasteiger partial charge in [0, 0.05) is 17.7 Å². The molecule has 5 rings (SSSR count). The fourth-order valence-electron chi connectivity index (χ4n) is 4.21. The van der Waals surface area contributed by atoms with Crippen molar-refractivity contribution in [2.24, 2.45) is 0 Å². The van der Waals surface area contributed by atoms with Gasteiger partial charge >= 0.3 is 0 Å². The van der Waals surface area contributed by atoms with Gasteiger partial charge in [-0.05, 0) is 35.6 Å². The second-order valence-electron chi connectivity index (χ2n) is 7.16. The van der Waals surface area contributed by atoms with Crippen LogP contribution in [0.15, 0.2) is 72.2 Å². The molecule has 6 heteroatoms. The summed E-state index contributed by atoms with van der Waals surface area (Å²) < 4.78 is 7.06. The van der Waals surface area contributed by atoms with E-state index >= 15 is 0 Å². The number of hydrogen-bond acceptors (Lipinski definition) is 5. The third-order valence-electron chi connectivity index (χ3n) is 5.56. The van der Waals surface area contributed by atoms with Crippen LogP contribution in [0.1, 0.15) is 35.9 Å². The minimum Gasteiger partial charge on any atom is -0.497 e. The molecule has 0 saturated carbocycles. The fourth-order valence-corrected chi connectivity index (χ4v) is 4.21. The van der Waals surface area contributed by atoms with Crippen molar-refractivity contribution in [3.63, 3.8) is 0 Å². The van der Waals surface area contributed by atoms with Crippen molar-refractivity contribution in [1.29, 1.82) is 0 Å². The largest absolute Gasteiger partial charge is 0.497 e. The van der Waals surface area contributed by atoms with Gasteiger partial charge in [0.1, 0.15) is 18.1 Å². The Kier molecular flexibility index (Phi) is 3.97. The van der Waals surface area contributed by atoms with E-state index in [4.69, 9.17) is 4.74 Å². The second kappa shape index (κ2) is 6.64. The summed E-state index contributed by atoms with van der Waals surface area (Å²) in [5.41, 5.74) is 3.94.